The van der Waals surface area contributed by atoms with Crippen molar-refractivity contribution in [3.05, 3.63) is 89.0 Å². The van der Waals surface area contributed by atoms with Crippen LogP contribution in [-0.4, -0.2) is 32.6 Å². The maximum atomic E-state index is 13.9. The molecule has 1 unspecified atom stereocenters. The summed E-state index contributed by atoms with van der Waals surface area (Å²) in [5.74, 6) is 0.369. The minimum atomic E-state index is -1.51. The highest BCUT2D eigenvalue weighted by molar-refractivity contribution is 6.09. The van der Waals surface area contributed by atoms with Gasteiger partial charge >= 0.3 is 5.97 Å². The van der Waals surface area contributed by atoms with E-state index < -0.39 is 11.6 Å². The van der Waals surface area contributed by atoms with Crippen LogP contribution in [0.15, 0.2) is 66.7 Å². The molecule has 6 heteroatoms. The second kappa shape index (κ2) is 8.98. The summed E-state index contributed by atoms with van der Waals surface area (Å²) in [4.78, 5) is 28.8. The summed E-state index contributed by atoms with van der Waals surface area (Å²) in [5, 5.41) is 0. The Kier molecular flexibility index (Phi) is 6.09. The van der Waals surface area contributed by atoms with Crippen LogP contribution in [0.4, 0.5) is 5.69 Å². The molecule has 1 atom stereocenters. The number of fused-ring (bicyclic) bond motifs is 1. The first-order chi connectivity index (χ1) is 15.9. The molecule has 170 valence electrons. The van der Waals surface area contributed by atoms with Crippen molar-refractivity contribution in [1.29, 1.82) is 0 Å². The fraction of sp³-hybridized carbons (Fsp3) is 0.259. The summed E-state index contributed by atoms with van der Waals surface area (Å²) in [7, 11) is 3.14. The highest BCUT2D eigenvalue weighted by Gasteiger charge is 2.54. The smallest absolute Gasteiger partial charge is 0.339 e. The molecule has 33 heavy (non-hydrogen) atoms. The summed E-state index contributed by atoms with van der Waals surface area (Å²) >= 11 is 0. The van der Waals surface area contributed by atoms with Gasteiger partial charge in [-0.3, -0.25) is 4.79 Å². The van der Waals surface area contributed by atoms with Crippen LogP contribution in [0.2, 0.25) is 0 Å². The SMILES string of the molecule is CCN1C(=O)C(Cc2cc(OC)cc(OC)c2)(OC(=O)c2ccccc2)c2cc(C)ccc21. The number of methoxy groups -OCH3 is 2. The predicted molar refractivity (Wildman–Crippen MR) is 126 cm³/mol. The minimum Gasteiger partial charge on any atom is -0.497 e. The molecule has 0 saturated carbocycles. The van der Waals surface area contributed by atoms with Crippen LogP contribution in [0.1, 0.15) is 34.0 Å². The molecule has 0 saturated heterocycles. The van der Waals surface area contributed by atoms with Crippen molar-refractivity contribution in [3.63, 3.8) is 0 Å². The Hall–Kier alpha value is -3.80. The second-order valence-corrected chi connectivity index (χ2v) is 8.05. The number of anilines is 1. The number of carbonyl (C=O) groups excluding carboxylic acids is 2. The van der Waals surface area contributed by atoms with Gasteiger partial charge in [0.2, 0.25) is 5.60 Å². The van der Waals surface area contributed by atoms with Gasteiger partial charge in [0.15, 0.2) is 0 Å². The number of esters is 1. The third-order valence-corrected chi connectivity index (χ3v) is 5.93. The quantitative estimate of drug-likeness (QED) is 0.495. The fourth-order valence-corrected chi connectivity index (χ4v) is 4.32. The Bertz CT molecular complexity index is 1170. The molecule has 1 aliphatic heterocycles. The average molecular weight is 446 g/mol. The number of benzene rings is 3. The number of hydrogen-bond acceptors (Lipinski definition) is 5. The molecule has 4 rings (SSSR count). The maximum absolute atomic E-state index is 13.9. The first kappa shape index (κ1) is 22.4. The van der Waals surface area contributed by atoms with Crippen LogP contribution < -0.4 is 14.4 Å². The Morgan fingerprint density at radius 1 is 0.939 bits per heavy atom. The van der Waals surface area contributed by atoms with Crippen molar-refractivity contribution in [2.24, 2.45) is 0 Å². The van der Waals surface area contributed by atoms with Crippen LogP contribution in [-0.2, 0) is 21.6 Å². The monoisotopic (exact) mass is 445 g/mol. The molecule has 0 fully saturated rings. The number of rotatable bonds is 7. The Labute approximate surface area is 193 Å². The predicted octanol–water partition coefficient (Wildman–Crippen LogP) is 4.67. The molecule has 3 aromatic carbocycles. The molecule has 1 aliphatic rings. The molecule has 0 aliphatic carbocycles. The zero-order chi connectivity index (χ0) is 23.6. The molecule has 0 spiro atoms. The summed E-state index contributed by atoms with van der Waals surface area (Å²) in [6.07, 6.45) is 0.144. The van der Waals surface area contributed by atoms with Gasteiger partial charge in [-0.2, -0.15) is 0 Å². The standard InChI is InChI=1S/C27H27NO5/c1-5-28-24-12-11-18(2)13-23(24)27(26(28)30,33-25(29)20-9-7-6-8-10-20)17-19-14-21(31-3)16-22(15-19)32-4/h6-16H,5,17H2,1-4H3. The van der Waals surface area contributed by atoms with Crippen LogP contribution in [0, 0.1) is 6.92 Å². The van der Waals surface area contributed by atoms with E-state index in [1.54, 1.807) is 49.5 Å². The zero-order valence-electron chi connectivity index (χ0n) is 19.3. The van der Waals surface area contributed by atoms with Crippen molar-refractivity contribution < 1.29 is 23.8 Å². The van der Waals surface area contributed by atoms with Gasteiger partial charge in [0.1, 0.15) is 11.5 Å². The lowest BCUT2D eigenvalue weighted by Crippen LogP contribution is -2.45. The van der Waals surface area contributed by atoms with E-state index in [2.05, 4.69) is 0 Å². The molecule has 0 radical (unpaired) electrons. The number of hydrogen-bond donors (Lipinski definition) is 0. The Morgan fingerprint density at radius 2 is 1.61 bits per heavy atom. The number of aryl methyl sites for hydroxylation is 1. The third-order valence-electron chi connectivity index (χ3n) is 5.93. The summed E-state index contributed by atoms with van der Waals surface area (Å²) < 4.78 is 17.0. The van der Waals surface area contributed by atoms with E-state index in [1.165, 1.54) is 0 Å². The van der Waals surface area contributed by atoms with Crippen LogP contribution in [0.3, 0.4) is 0 Å². The molecule has 0 bridgehead atoms. The average Bonchev–Trinajstić information content (AvgIpc) is 3.05. The van der Waals surface area contributed by atoms with E-state index in [0.29, 0.717) is 29.2 Å². The third kappa shape index (κ3) is 4.04. The van der Waals surface area contributed by atoms with E-state index >= 15 is 0 Å². The van der Waals surface area contributed by atoms with E-state index in [-0.39, 0.29) is 12.3 Å². The molecular formula is C27H27NO5. The van der Waals surface area contributed by atoms with E-state index in [1.807, 2.05) is 50.2 Å². The van der Waals surface area contributed by atoms with Crippen molar-refractivity contribution in [1.82, 2.24) is 0 Å². The number of carbonyl (C=O) groups is 2. The molecule has 0 aromatic heterocycles. The highest BCUT2D eigenvalue weighted by Crippen LogP contribution is 2.46. The van der Waals surface area contributed by atoms with Crippen LogP contribution in [0.5, 0.6) is 11.5 Å². The van der Waals surface area contributed by atoms with E-state index in [0.717, 1.165) is 16.8 Å². The fourth-order valence-electron chi connectivity index (χ4n) is 4.32. The molecule has 0 N–H and O–H groups in total. The molecular weight excluding hydrogens is 418 g/mol. The van der Waals surface area contributed by atoms with Crippen molar-refractivity contribution >= 4 is 17.6 Å². The van der Waals surface area contributed by atoms with Gasteiger partial charge < -0.3 is 19.1 Å². The highest BCUT2D eigenvalue weighted by atomic mass is 16.6. The minimum absolute atomic E-state index is 0.144. The molecule has 1 heterocycles. The summed E-state index contributed by atoms with van der Waals surface area (Å²) in [6.45, 7) is 4.32. The van der Waals surface area contributed by atoms with Gasteiger partial charge in [-0.05, 0) is 55.8 Å². The number of ether oxygens (including phenoxy) is 3. The Balaban J connectivity index is 1.88. The lowest BCUT2D eigenvalue weighted by molar-refractivity contribution is -0.137. The van der Waals surface area contributed by atoms with E-state index in [9.17, 15) is 9.59 Å². The van der Waals surface area contributed by atoms with Crippen molar-refractivity contribution in [2.45, 2.75) is 25.9 Å². The van der Waals surface area contributed by atoms with Gasteiger partial charge in [0.05, 0.1) is 25.5 Å². The molecule has 6 nitrogen and oxygen atoms in total. The van der Waals surface area contributed by atoms with Crippen LogP contribution >= 0.6 is 0 Å². The lowest BCUT2D eigenvalue weighted by Gasteiger charge is -2.29. The van der Waals surface area contributed by atoms with Gasteiger partial charge in [-0.25, -0.2) is 4.79 Å². The largest absolute Gasteiger partial charge is 0.497 e. The van der Waals surface area contributed by atoms with Crippen LogP contribution in [0.25, 0.3) is 0 Å². The van der Waals surface area contributed by atoms with Crippen molar-refractivity contribution in [2.75, 3.05) is 25.7 Å². The van der Waals surface area contributed by atoms with Gasteiger partial charge in [-0.15, -0.1) is 0 Å². The Morgan fingerprint density at radius 3 is 2.21 bits per heavy atom. The van der Waals surface area contributed by atoms with Crippen molar-refractivity contribution in [3.8, 4) is 11.5 Å². The van der Waals surface area contributed by atoms with Gasteiger partial charge in [-0.1, -0.05) is 29.8 Å². The van der Waals surface area contributed by atoms with E-state index in [4.69, 9.17) is 14.2 Å². The number of likely N-dealkylation sites (N-methyl/N-ethyl adjacent to an activating group) is 1. The zero-order valence-corrected chi connectivity index (χ0v) is 19.3. The maximum Gasteiger partial charge on any atom is 0.339 e. The molecule has 3 aromatic rings. The number of amides is 1. The normalized spacial score (nSPS) is 17.0. The second-order valence-electron chi connectivity index (χ2n) is 8.05. The summed E-state index contributed by atoms with van der Waals surface area (Å²) in [6, 6.07) is 19.9. The van der Waals surface area contributed by atoms with Gasteiger partial charge in [0, 0.05) is 24.6 Å². The number of nitrogens with zero attached hydrogens (tertiary/aromatic N) is 1. The first-order valence-corrected chi connectivity index (χ1v) is 10.8. The lowest BCUT2D eigenvalue weighted by atomic mass is 9.87. The first-order valence-electron chi connectivity index (χ1n) is 10.8. The summed E-state index contributed by atoms with van der Waals surface area (Å²) in [5.41, 5.74) is 2.04. The topological polar surface area (TPSA) is 65.1 Å². The van der Waals surface area contributed by atoms with Gasteiger partial charge in [0.25, 0.3) is 5.91 Å². The molecule has 1 amide bonds.